The van der Waals surface area contributed by atoms with E-state index in [4.69, 9.17) is 0 Å². The van der Waals surface area contributed by atoms with E-state index in [1.807, 2.05) is 28.9 Å². The number of fused-ring (bicyclic) bond motifs is 2. The van der Waals surface area contributed by atoms with Crippen LogP contribution in [0.15, 0.2) is 24.3 Å². The highest BCUT2D eigenvalue weighted by Gasteiger charge is 2.34. The molecule has 2 aromatic rings. The maximum absolute atomic E-state index is 12.5. The quantitative estimate of drug-likeness (QED) is 0.822. The number of amides is 1. The van der Waals surface area contributed by atoms with Crippen molar-refractivity contribution in [3.05, 3.63) is 24.3 Å². The molecule has 144 valence electrons. The number of tetrazole rings is 1. The fourth-order valence-electron chi connectivity index (χ4n) is 4.50. The summed E-state index contributed by atoms with van der Waals surface area (Å²) in [5.74, 6) is 1.38. The van der Waals surface area contributed by atoms with Gasteiger partial charge in [-0.05, 0) is 67.0 Å². The lowest BCUT2D eigenvalue weighted by atomic mass is 9.89. The van der Waals surface area contributed by atoms with Gasteiger partial charge in [0, 0.05) is 29.8 Å². The summed E-state index contributed by atoms with van der Waals surface area (Å²) in [4.78, 5) is 12.5. The van der Waals surface area contributed by atoms with Crippen LogP contribution in [-0.2, 0) is 4.79 Å². The van der Waals surface area contributed by atoms with E-state index in [-0.39, 0.29) is 18.3 Å². The third-order valence-corrected chi connectivity index (χ3v) is 5.83. The highest BCUT2D eigenvalue weighted by molar-refractivity contribution is 5.91. The van der Waals surface area contributed by atoms with Gasteiger partial charge in [0.15, 0.2) is 5.82 Å². The van der Waals surface area contributed by atoms with Crippen molar-refractivity contribution >= 4 is 24.0 Å². The lowest BCUT2D eigenvalue weighted by molar-refractivity contribution is -0.117. The Morgan fingerprint density at radius 2 is 1.96 bits per heavy atom. The average molecular weight is 389 g/mol. The van der Waals surface area contributed by atoms with E-state index in [1.54, 1.807) is 0 Å². The first-order valence-corrected chi connectivity index (χ1v) is 9.69. The molecule has 8 heteroatoms. The Balaban J connectivity index is 0.00000180. The number of hydrogen-bond acceptors (Lipinski definition) is 5. The number of halogens is 1. The van der Waals surface area contributed by atoms with Crippen LogP contribution in [0.4, 0.5) is 5.69 Å². The lowest BCUT2D eigenvalue weighted by Crippen LogP contribution is -2.39. The van der Waals surface area contributed by atoms with E-state index < -0.39 is 0 Å². The number of hydrogen-bond donors (Lipinski definition) is 2. The number of rotatable bonds is 5. The van der Waals surface area contributed by atoms with Crippen molar-refractivity contribution in [1.82, 2.24) is 25.5 Å². The first kappa shape index (κ1) is 18.4. The highest BCUT2D eigenvalue weighted by Crippen LogP contribution is 2.37. The minimum Gasteiger partial charge on any atom is -0.326 e. The van der Waals surface area contributed by atoms with E-state index >= 15 is 0 Å². The van der Waals surface area contributed by atoms with Crippen LogP contribution in [0.1, 0.15) is 51.0 Å². The smallest absolute Gasteiger partial charge is 0.224 e. The second-order valence-electron chi connectivity index (χ2n) is 7.99. The van der Waals surface area contributed by atoms with E-state index in [2.05, 4.69) is 26.2 Å². The SMILES string of the molecule is Cl.O=C(CC1CC2CCC(C1)N2)Nc1cccc(-c2nnnn2C2CC2)c1. The van der Waals surface area contributed by atoms with Crippen LogP contribution in [0.5, 0.6) is 0 Å². The van der Waals surface area contributed by atoms with E-state index in [0.29, 0.717) is 30.5 Å². The van der Waals surface area contributed by atoms with Gasteiger partial charge in [0.25, 0.3) is 0 Å². The summed E-state index contributed by atoms with van der Waals surface area (Å²) in [5, 5.41) is 18.8. The summed E-state index contributed by atoms with van der Waals surface area (Å²) < 4.78 is 1.89. The molecule has 0 spiro atoms. The first-order chi connectivity index (χ1) is 12.7. The normalized spacial score (nSPS) is 26.4. The molecule has 1 aliphatic carbocycles. The molecule has 1 amide bonds. The largest absolute Gasteiger partial charge is 0.326 e. The summed E-state index contributed by atoms with van der Waals surface area (Å²) in [5.41, 5.74) is 1.76. The van der Waals surface area contributed by atoms with Crippen LogP contribution >= 0.6 is 12.4 Å². The van der Waals surface area contributed by atoms with Crippen molar-refractivity contribution in [3.8, 4) is 11.4 Å². The Kier molecular flexibility index (Phi) is 5.14. The Bertz CT molecular complexity index is 808. The monoisotopic (exact) mass is 388 g/mol. The van der Waals surface area contributed by atoms with Gasteiger partial charge in [-0.15, -0.1) is 17.5 Å². The topological polar surface area (TPSA) is 84.7 Å². The van der Waals surface area contributed by atoms with Crippen LogP contribution in [0.2, 0.25) is 0 Å². The third-order valence-electron chi connectivity index (χ3n) is 5.83. The van der Waals surface area contributed by atoms with Crippen molar-refractivity contribution < 1.29 is 4.79 Å². The Hall–Kier alpha value is -1.99. The molecule has 5 rings (SSSR count). The number of aromatic nitrogens is 4. The maximum Gasteiger partial charge on any atom is 0.224 e. The number of nitrogens with zero attached hydrogens (tertiary/aromatic N) is 4. The Labute approximate surface area is 164 Å². The molecule has 0 radical (unpaired) electrons. The van der Waals surface area contributed by atoms with Crippen LogP contribution in [0.3, 0.4) is 0 Å². The highest BCUT2D eigenvalue weighted by atomic mass is 35.5. The molecule has 2 bridgehead atoms. The molecular weight excluding hydrogens is 364 g/mol. The molecule has 1 saturated carbocycles. The fraction of sp³-hybridized carbons (Fsp3) is 0.579. The minimum atomic E-state index is 0. The number of carbonyl (C=O) groups is 1. The van der Waals surface area contributed by atoms with Crippen molar-refractivity contribution in [2.75, 3.05) is 5.32 Å². The number of carbonyl (C=O) groups excluding carboxylic acids is 1. The van der Waals surface area contributed by atoms with Crippen molar-refractivity contribution in [2.24, 2.45) is 5.92 Å². The molecule has 2 aliphatic heterocycles. The second kappa shape index (κ2) is 7.56. The van der Waals surface area contributed by atoms with Gasteiger partial charge < -0.3 is 10.6 Å². The number of piperidine rings is 1. The predicted octanol–water partition coefficient (Wildman–Crippen LogP) is 2.96. The molecule has 3 heterocycles. The predicted molar refractivity (Wildman–Crippen MR) is 105 cm³/mol. The van der Waals surface area contributed by atoms with E-state index in [1.165, 1.54) is 12.8 Å². The molecule has 2 saturated heterocycles. The van der Waals surface area contributed by atoms with E-state index in [9.17, 15) is 4.79 Å². The van der Waals surface area contributed by atoms with Gasteiger partial charge in [0.1, 0.15) is 0 Å². The molecule has 1 aromatic heterocycles. The summed E-state index contributed by atoms with van der Waals surface area (Å²) in [7, 11) is 0. The summed E-state index contributed by atoms with van der Waals surface area (Å²) in [6, 6.07) is 9.50. The standard InChI is InChI=1S/C19H24N6O.ClH/c26-18(10-12-8-15-4-5-16(9-12)20-15)21-14-3-1-2-13(11-14)19-22-23-24-25(19)17-6-7-17;/h1-3,11-12,15-17,20H,4-10H2,(H,21,26);1H. The summed E-state index contributed by atoms with van der Waals surface area (Å²) in [6.07, 6.45) is 7.65. The number of nitrogens with one attached hydrogen (secondary N) is 2. The Morgan fingerprint density at radius 1 is 1.19 bits per heavy atom. The molecule has 3 aliphatic rings. The molecule has 27 heavy (non-hydrogen) atoms. The first-order valence-electron chi connectivity index (χ1n) is 9.69. The van der Waals surface area contributed by atoms with Crippen LogP contribution in [0.25, 0.3) is 11.4 Å². The van der Waals surface area contributed by atoms with Gasteiger partial charge in [-0.1, -0.05) is 12.1 Å². The zero-order chi connectivity index (χ0) is 17.5. The summed E-state index contributed by atoms with van der Waals surface area (Å²) in [6.45, 7) is 0. The number of benzene rings is 1. The van der Waals surface area contributed by atoms with Crippen molar-refractivity contribution in [2.45, 2.75) is 63.1 Å². The van der Waals surface area contributed by atoms with Gasteiger partial charge in [-0.3, -0.25) is 4.79 Å². The lowest BCUT2D eigenvalue weighted by Gasteiger charge is -2.28. The van der Waals surface area contributed by atoms with Gasteiger partial charge in [0.05, 0.1) is 6.04 Å². The molecular formula is C19H25ClN6O. The minimum absolute atomic E-state index is 0. The summed E-state index contributed by atoms with van der Waals surface area (Å²) >= 11 is 0. The van der Waals surface area contributed by atoms with Gasteiger partial charge >= 0.3 is 0 Å². The van der Waals surface area contributed by atoms with Gasteiger partial charge in [-0.25, -0.2) is 4.68 Å². The molecule has 1 aromatic carbocycles. The van der Waals surface area contributed by atoms with Gasteiger partial charge in [0.2, 0.25) is 5.91 Å². The van der Waals surface area contributed by atoms with E-state index in [0.717, 1.165) is 42.8 Å². The van der Waals surface area contributed by atoms with Crippen LogP contribution < -0.4 is 10.6 Å². The third kappa shape index (κ3) is 3.99. The zero-order valence-electron chi connectivity index (χ0n) is 15.2. The molecule has 2 atom stereocenters. The molecule has 2 unspecified atom stereocenters. The molecule has 2 N–H and O–H groups in total. The number of anilines is 1. The van der Waals surface area contributed by atoms with Crippen molar-refractivity contribution in [3.63, 3.8) is 0 Å². The maximum atomic E-state index is 12.5. The van der Waals surface area contributed by atoms with Crippen LogP contribution in [-0.4, -0.2) is 38.2 Å². The molecule has 7 nitrogen and oxygen atoms in total. The average Bonchev–Trinajstić information content (AvgIpc) is 3.25. The van der Waals surface area contributed by atoms with Gasteiger partial charge in [-0.2, -0.15) is 0 Å². The van der Waals surface area contributed by atoms with Crippen molar-refractivity contribution in [1.29, 1.82) is 0 Å². The fourth-order valence-corrected chi connectivity index (χ4v) is 4.50. The van der Waals surface area contributed by atoms with Crippen LogP contribution in [0, 0.1) is 5.92 Å². The zero-order valence-corrected chi connectivity index (χ0v) is 16.0. The Morgan fingerprint density at radius 3 is 2.70 bits per heavy atom. The molecule has 3 fully saturated rings. The second-order valence-corrected chi connectivity index (χ2v) is 7.99.